The van der Waals surface area contributed by atoms with Crippen LogP contribution in [0.3, 0.4) is 0 Å². The highest BCUT2D eigenvalue weighted by Crippen LogP contribution is 2.09. The first-order chi connectivity index (χ1) is 3.31. The van der Waals surface area contributed by atoms with Crippen LogP contribution < -0.4 is 0 Å². The molecule has 0 N–H and O–H groups in total. The van der Waals surface area contributed by atoms with Crippen molar-refractivity contribution in [1.82, 2.24) is 0 Å². The van der Waals surface area contributed by atoms with Gasteiger partial charge in [0, 0.05) is 0 Å². The van der Waals surface area contributed by atoms with Gasteiger partial charge in [-0.05, 0) is 21.2 Å². The van der Waals surface area contributed by atoms with Gasteiger partial charge < -0.3 is 4.74 Å². The molecule has 0 radical (unpaired) electrons. The van der Waals surface area contributed by atoms with Crippen LogP contribution in [0, 0.1) is 0 Å². The molecular formula is C3H5IO2S. The lowest BCUT2D eigenvalue weighted by Crippen LogP contribution is -2.00. The van der Waals surface area contributed by atoms with Crippen molar-refractivity contribution in [2.75, 3.05) is 12.9 Å². The van der Waals surface area contributed by atoms with E-state index in [0.29, 0.717) is 5.75 Å². The second-order valence-electron chi connectivity index (χ2n) is 0.830. The van der Waals surface area contributed by atoms with E-state index in [1.807, 2.05) is 21.2 Å². The number of carbonyl (C=O) groups excluding carboxylic acids is 1. The SMILES string of the molecule is COC(=O)CSI. The normalized spacial score (nSPS) is 8.29. The summed E-state index contributed by atoms with van der Waals surface area (Å²) in [4.78, 5) is 10.2. The highest BCUT2D eigenvalue weighted by molar-refractivity contribution is 14.2. The van der Waals surface area contributed by atoms with Gasteiger partial charge in [0.25, 0.3) is 0 Å². The highest BCUT2D eigenvalue weighted by atomic mass is 127. The third-order valence-corrected chi connectivity index (χ3v) is 1.68. The maximum atomic E-state index is 10.2. The van der Waals surface area contributed by atoms with E-state index in [9.17, 15) is 4.79 Å². The fourth-order valence-corrected chi connectivity index (χ4v) is 1.07. The van der Waals surface area contributed by atoms with Crippen molar-refractivity contribution in [1.29, 1.82) is 0 Å². The topological polar surface area (TPSA) is 26.3 Å². The Morgan fingerprint density at radius 2 is 2.57 bits per heavy atom. The summed E-state index contributed by atoms with van der Waals surface area (Å²) >= 11 is 2.04. The summed E-state index contributed by atoms with van der Waals surface area (Å²) in [6.07, 6.45) is 0. The molecular weight excluding hydrogens is 227 g/mol. The number of ether oxygens (including phenoxy) is 1. The van der Waals surface area contributed by atoms with Crippen LogP contribution in [-0.2, 0) is 9.53 Å². The number of hydrogen-bond donors (Lipinski definition) is 0. The van der Waals surface area contributed by atoms with E-state index >= 15 is 0 Å². The van der Waals surface area contributed by atoms with Gasteiger partial charge in [-0.25, -0.2) is 0 Å². The molecule has 0 amide bonds. The van der Waals surface area contributed by atoms with Crippen LogP contribution in [0.25, 0.3) is 0 Å². The van der Waals surface area contributed by atoms with Crippen molar-refractivity contribution in [3.63, 3.8) is 0 Å². The van der Waals surface area contributed by atoms with E-state index in [2.05, 4.69) is 4.74 Å². The summed E-state index contributed by atoms with van der Waals surface area (Å²) in [6.45, 7) is 0. The minimum Gasteiger partial charge on any atom is -0.468 e. The average molecular weight is 232 g/mol. The maximum Gasteiger partial charge on any atom is 0.316 e. The summed E-state index contributed by atoms with van der Waals surface area (Å²) in [5.41, 5.74) is 0. The van der Waals surface area contributed by atoms with E-state index in [4.69, 9.17) is 0 Å². The molecule has 2 nitrogen and oxygen atoms in total. The second kappa shape index (κ2) is 4.70. The Hall–Kier alpha value is 0.550. The average Bonchev–Trinajstić information content (AvgIpc) is 1.68. The van der Waals surface area contributed by atoms with Crippen LogP contribution in [0.5, 0.6) is 0 Å². The number of halogens is 1. The molecule has 0 bridgehead atoms. The summed E-state index contributed by atoms with van der Waals surface area (Å²) < 4.78 is 4.33. The summed E-state index contributed by atoms with van der Waals surface area (Å²) in [5, 5.41) is 0. The molecule has 0 aromatic heterocycles. The first-order valence-electron chi connectivity index (χ1n) is 1.61. The molecule has 0 unspecified atom stereocenters. The third kappa shape index (κ3) is 4.40. The van der Waals surface area contributed by atoms with Crippen molar-refractivity contribution in [3.8, 4) is 0 Å². The zero-order chi connectivity index (χ0) is 5.70. The minimum atomic E-state index is -0.167. The lowest BCUT2D eigenvalue weighted by atomic mass is 10.8. The van der Waals surface area contributed by atoms with E-state index in [1.54, 1.807) is 0 Å². The maximum absolute atomic E-state index is 10.2. The molecule has 0 aliphatic rings. The number of carbonyl (C=O) groups is 1. The van der Waals surface area contributed by atoms with Crippen LogP contribution in [0.15, 0.2) is 0 Å². The van der Waals surface area contributed by atoms with E-state index in [1.165, 1.54) is 16.0 Å². The molecule has 0 aromatic carbocycles. The molecule has 0 spiro atoms. The van der Waals surface area contributed by atoms with Gasteiger partial charge in [0.1, 0.15) is 5.75 Å². The van der Waals surface area contributed by atoms with Gasteiger partial charge in [-0.15, -0.1) is 0 Å². The van der Waals surface area contributed by atoms with Gasteiger partial charge in [0.2, 0.25) is 0 Å². The first-order valence-corrected chi connectivity index (χ1v) is 5.14. The first kappa shape index (κ1) is 7.55. The molecule has 4 heteroatoms. The largest absolute Gasteiger partial charge is 0.468 e. The predicted molar refractivity (Wildman–Crippen MR) is 38.5 cm³/mol. The van der Waals surface area contributed by atoms with Crippen molar-refractivity contribution < 1.29 is 9.53 Å². The molecule has 42 valence electrons. The Morgan fingerprint density at radius 1 is 2.00 bits per heavy atom. The standard InChI is InChI=1S/C3H5IO2S/c1-6-3(5)2-7-4/h2H2,1H3. The zero-order valence-corrected chi connectivity index (χ0v) is 6.78. The van der Waals surface area contributed by atoms with Crippen LogP contribution in [0.1, 0.15) is 0 Å². The molecule has 0 fully saturated rings. The predicted octanol–water partition coefficient (Wildman–Crippen LogP) is 1.24. The van der Waals surface area contributed by atoms with E-state index in [0.717, 1.165) is 0 Å². The fourth-order valence-electron chi connectivity index (χ4n) is 0.103. The number of hydrogen-bond acceptors (Lipinski definition) is 3. The van der Waals surface area contributed by atoms with Crippen molar-refractivity contribution in [3.05, 3.63) is 0 Å². The molecule has 0 aliphatic heterocycles. The van der Waals surface area contributed by atoms with Gasteiger partial charge in [-0.3, -0.25) is 4.79 Å². The lowest BCUT2D eigenvalue weighted by Gasteiger charge is -1.89. The van der Waals surface area contributed by atoms with Gasteiger partial charge in [0.15, 0.2) is 0 Å². The fraction of sp³-hybridized carbons (Fsp3) is 0.667. The Labute approximate surface area is 58.6 Å². The van der Waals surface area contributed by atoms with Crippen molar-refractivity contribution >= 4 is 36.1 Å². The minimum absolute atomic E-state index is 0.167. The summed E-state index contributed by atoms with van der Waals surface area (Å²) in [7, 11) is 2.81. The van der Waals surface area contributed by atoms with Crippen LogP contribution in [-0.4, -0.2) is 18.8 Å². The Morgan fingerprint density at radius 3 is 2.71 bits per heavy atom. The third-order valence-electron chi connectivity index (χ3n) is 0.400. The molecule has 0 atom stereocenters. The lowest BCUT2D eigenvalue weighted by molar-refractivity contribution is -0.137. The van der Waals surface area contributed by atoms with Crippen molar-refractivity contribution in [2.24, 2.45) is 0 Å². The van der Waals surface area contributed by atoms with Crippen LogP contribution >= 0.6 is 30.1 Å². The van der Waals surface area contributed by atoms with Gasteiger partial charge in [-0.1, -0.05) is 8.93 Å². The summed E-state index contributed by atoms with van der Waals surface area (Å²) in [6, 6.07) is 0. The van der Waals surface area contributed by atoms with Gasteiger partial charge >= 0.3 is 5.97 Å². The number of esters is 1. The Balaban J connectivity index is 3.00. The molecule has 0 heterocycles. The molecule has 0 rings (SSSR count). The Kier molecular flexibility index (Phi) is 5.07. The molecule has 0 aromatic rings. The van der Waals surface area contributed by atoms with Gasteiger partial charge in [-0.2, -0.15) is 0 Å². The number of methoxy groups -OCH3 is 1. The molecule has 0 saturated carbocycles. The zero-order valence-electron chi connectivity index (χ0n) is 3.81. The summed E-state index contributed by atoms with van der Waals surface area (Å²) in [5.74, 6) is 0.274. The highest BCUT2D eigenvalue weighted by Gasteiger charge is 1.94. The molecule has 7 heavy (non-hydrogen) atoms. The quantitative estimate of drug-likeness (QED) is 0.529. The van der Waals surface area contributed by atoms with Crippen LogP contribution in [0.2, 0.25) is 0 Å². The van der Waals surface area contributed by atoms with E-state index in [-0.39, 0.29) is 5.97 Å². The molecule has 0 aliphatic carbocycles. The van der Waals surface area contributed by atoms with Gasteiger partial charge in [0.05, 0.1) is 7.11 Å². The molecule has 0 saturated heterocycles. The Bertz CT molecular complexity index is 66.0. The monoisotopic (exact) mass is 232 g/mol. The van der Waals surface area contributed by atoms with Crippen molar-refractivity contribution in [2.45, 2.75) is 0 Å². The number of rotatable bonds is 2. The second-order valence-corrected chi connectivity index (χ2v) is 3.20. The van der Waals surface area contributed by atoms with E-state index < -0.39 is 0 Å². The smallest absolute Gasteiger partial charge is 0.316 e. The van der Waals surface area contributed by atoms with Crippen LogP contribution in [0.4, 0.5) is 0 Å².